The summed E-state index contributed by atoms with van der Waals surface area (Å²) >= 11 is 0. The summed E-state index contributed by atoms with van der Waals surface area (Å²) in [6.45, 7) is 10.5. The first kappa shape index (κ1) is 20.1. The van der Waals surface area contributed by atoms with E-state index in [2.05, 4.69) is 64.1 Å². The maximum Gasteiger partial charge on any atom is 0.0573 e. The highest BCUT2D eigenvalue weighted by Crippen LogP contribution is 2.12. The number of rotatable bonds is 9. The van der Waals surface area contributed by atoms with Gasteiger partial charge in [-0.25, -0.2) is 0 Å². The Bertz CT molecular complexity index is 846. The summed E-state index contributed by atoms with van der Waals surface area (Å²) in [5.74, 6) is 0. The van der Waals surface area contributed by atoms with Crippen LogP contribution in [-0.2, 0) is 19.6 Å². The van der Waals surface area contributed by atoms with Crippen LogP contribution in [0.5, 0.6) is 0 Å². The second-order valence-corrected chi connectivity index (χ2v) is 7.19. The lowest BCUT2D eigenvalue weighted by atomic mass is 10.1. The minimum atomic E-state index is 0.783. The smallest absolute Gasteiger partial charge is 0.0573 e. The van der Waals surface area contributed by atoms with E-state index in [1.165, 1.54) is 16.7 Å². The Balaban J connectivity index is 1.63. The Labute approximate surface area is 167 Å². The molecule has 5 heteroatoms. The second kappa shape index (κ2) is 10.1. The van der Waals surface area contributed by atoms with E-state index in [0.29, 0.717) is 0 Å². The Morgan fingerprint density at radius 1 is 0.714 bits per heavy atom. The van der Waals surface area contributed by atoms with Gasteiger partial charge < -0.3 is 5.32 Å². The minimum Gasteiger partial charge on any atom is -0.310 e. The fourth-order valence-corrected chi connectivity index (χ4v) is 3.15. The van der Waals surface area contributed by atoms with Crippen molar-refractivity contribution in [2.75, 3.05) is 13.1 Å². The molecule has 3 heterocycles. The molecule has 0 saturated carbocycles. The van der Waals surface area contributed by atoms with Crippen LogP contribution in [0.4, 0.5) is 0 Å². The van der Waals surface area contributed by atoms with Gasteiger partial charge in [0.2, 0.25) is 0 Å². The zero-order chi connectivity index (χ0) is 19.8. The van der Waals surface area contributed by atoms with Crippen molar-refractivity contribution in [3.63, 3.8) is 0 Å². The molecule has 3 aromatic heterocycles. The molecule has 0 amide bonds. The zero-order valence-electron chi connectivity index (χ0n) is 17.0. The summed E-state index contributed by atoms with van der Waals surface area (Å²) in [6.07, 6.45) is 5.59. The summed E-state index contributed by atoms with van der Waals surface area (Å²) in [5.41, 5.74) is 7.02. The molecule has 0 radical (unpaired) electrons. The number of aromatic nitrogens is 3. The van der Waals surface area contributed by atoms with Crippen molar-refractivity contribution >= 4 is 0 Å². The number of aryl methyl sites for hydroxylation is 3. The number of hydrogen-bond donors (Lipinski definition) is 1. The lowest BCUT2D eigenvalue weighted by molar-refractivity contribution is 0.249. The summed E-state index contributed by atoms with van der Waals surface area (Å²) in [6, 6.07) is 12.3. The maximum atomic E-state index is 4.58. The molecule has 0 fully saturated rings. The SMILES string of the molecule is Cc1cccnc1CNCCN(Cc1ncccc1C)Cc1ncccc1C. The molecule has 0 aliphatic rings. The van der Waals surface area contributed by atoms with Crippen LogP contribution < -0.4 is 5.32 Å². The Hall–Kier alpha value is -2.63. The van der Waals surface area contributed by atoms with E-state index in [9.17, 15) is 0 Å². The molecule has 0 spiro atoms. The predicted octanol–water partition coefficient (Wildman–Crippen LogP) is 3.59. The molecule has 28 heavy (non-hydrogen) atoms. The highest BCUT2D eigenvalue weighted by molar-refractivity contribution is 5.20. The fourth-order valence-electron chi connectivity index (χ4n) is 3.15. The minimum absolute atomic E-state index is 0.783. The van der Waals surface area contributed by atoms with Gasteiger partial charge in [-0.1, -0.05) is 18.2 Å². The van der Waals surface area contributed by atoms with Crippen molar-refractivity contribution < 1.29 is 0 Å². The topological polar surface area (TPSA) is 53.9 Å². The number of hydrogen-bond acceptors (Lipinski definition) is 5. The third-order valence-electron chi connectivity index (χ3n) is 5.00. The second-order valence-electron chi connectivity index (χ2n) is 7.19. The molecule has 3 rings (SSSR count). The van der Waals surface area contributed by atoms with Crippen molar-refractivity contribution in [1.29, 1.82) is 0 Å². The Morgan fingerprint density at radius 2 is 1.18 bits per heavy atom. The molecular weight excluding hydrogens is 346 g/mol. The van der Waals surface area contributed by atoms with E-state index in [0.717, 1.165) is 49.8 Å². The van der Waals surface area contributed by atoms with Crippen LogP contribution in [0.15, 0.2) is 55.0 Å². The van der Waals surface area contributed by atoms with Gasteiger partial charge in [-0.3, -0.25) is 19.9 Å². The molecule has 0 aliphatic carbocycles. The first-order valence-electron chi connectivity index (χ1n) is 9.78. The van der Waals surface area contributed by atoms with Gasteiger partial charge in [-0.2, -0.15) is 0 Å². The number of nitrogens with one attached hydrogen (secondary N) is 1. The van der Waals surface area contributed by atoms with E-state index >= 15 is 0 Å². The first-order valence-corrected chi connectivity index (χ1v) is 9.78. The lowest BCUT2D eigenvalue weighted by Gasteiger charge is -2.23. The van der Waals surface area contributed by atoms with Crippen molar-refractivity contribution in [3.8, 4) is 0 Å². The average molecular weight is 376 g/mol. The molecule has 0 bridgehead atoms. The van der Waals surface area contributed by atoms with Gasteiger partial charge in [-0.05, 0) is 55.7 Å². The van der Waals surface area contributed by atoms with Crippen LogP contribution in [-0.4, -0.2) is 32.9 Å². The predicted molar refractivity (Wildman–Crippen MR) is 113 cm³/mol. The third kappa shape index (κ3) is 5.68. The third-order valence-corrected chi connectivity index (χ3v) is 5.00. The Morgan fingerprint density at radius 3 is 1.64 bits per heavy atom. The van der Waals surface area contributed by atoms with E-state index in [4.69, 9.17) is 0 Å². The standard InChI is InChI=1S/C23H29N5/c1-18-7-4-10-25-21(18)15-24-13-14-28(16-22-19(2)8-5-11-26-22)17-23-20(3)9-6-12-27-23/h4-12,24H,13-17H2,1-3H3. The molecular formula is C23H29N5. The van der Waals surface area contributed by atoms with E-state index in [-0.39, 0.29) is 0 Å². The van der Waals surface area contributed by atoms with E-state index < -0.39 is 0 Å². The van der Waals surface area contributed by atoms with Gasteiger partial charge in [-0.15, -0.1) is 0 Å². The molecule has 5 nitrogen and oxygen atoms in total. The molecule has 0 atom stereocenters. The largest absolute Gasteiger partial charge is 0.310 e. The zero-order valence-corrected chi connectivity index (χ0v) is 17.0. The molecule has 0 aliphatic heterocycles. The molecule has 3 aromatic rings. The van der Waals surface area contributed by atoms with Gasteiger partial charge in [0.1, 0.15) is 0 Å². The van der Waals surface area contributed by atoms with Gasteiger partial charge in [0, 0.05) is 51.3 Å². The van der Waals surface area contributed by atoms with Gasteiger partial charge in [0.25, 0.3) is 0 Å². The van der Waals surface area contributed by atoms with Crippen molar-refractivity contribution in [2.24, 2.45) is 0 Å². The summed E-state index contributed by atoms with van der Waals surface area (Å²) in [5, 5.41) is 3.53. The monoisotopic (exact) mass is 375 g/mol. The molecule has 146 valence electrons. The average Bonchev–Trinajstić information content (AvgIpc) is 2.70. The normalized spacial score (nSPS) is 11.1. The maximum absolute atomic E-state index is 4.58. The summed E-state index contributed by atoms with van der Waals surface area (Å²) < 4.78 is 0. The van der Waals surface area contributed by atoms with E-state index in [1.54, 1.807) is 0 Å². The molecule has 0 unspecified atom stereocenters. The van der Waals surface area contributed by atoms with Gasteiger partial charge in [0.15, 0.2) is 0 Å². The summed E-state index contributed by atoms with van der Waals surface area (Å²) in [4.78, 5) is 16.0. The first-order chi connectivity index (χ1) is 13.6. The van der Waals surface area contributed by atoms with E-state index in [1.807, 2.05) is 36.8 Å². The van der Waals surface area contributed by atoms with Gasteiger partial charge in [0.05, 0.1) is 17.1 Å². The number of nitrogens with zero attached hydrogens (tertiary/aromatic N) is 4. The molecule has 0 aromatic carbocycles. The van der Waals surface area contributed by atoms with Crippen molar-refractivity contribution in [1.82, 2.24) is 25.2 Å². The Kier molecular flexibility index (Phi) is 7.23. The quantitative estimate of drug-likeness (QED) is 0.579. The lowest BCUT2D eigenvalue weighted by Crippen LogP contribution is -2.32. The van der Waals surface area contributed by atoms with Crippen LogP contribution in [0.25, 0.3) is 0 Å². The number of pyridine rings is 3. The van der Waals surface area contributed by atoms with Crippen LogP contribution >= 0.6 is 0 Å². The fraction of sp³-hybridized carbons (Fsp3) is 0.348. The summed E-state index contributed by atoms with van der Waals surface area (Å²) in [7, 11) is 0. The van der Waals surface area contributed by atoms with Crippen LogP contribution in [0, 0.1) is 20.8 Å². The molecule has 0 saturated heterocycles. The van der Waals surface area contributed by atoms with Crippen LogP contribution in [0.3, 0.4) is 0 Å². The highest BCUT2D eigenvalue weighted by atomic mass is 15.2. The highest BCUT2D eigenvalue weighted by Gasteiger charge is 2.12. The van der Waals surface area contributed by atoms with Crippen molar-refractivity contribution in [3.05, 3.63) is 88.8 Å². The van der Waals surface area contributed by atoms with Gasteiger partial charge >= 0.3 is 0 Å². The molecule has 1 N–H and O–H groups in total. The van der Waals surface area contributed by atoms with Crippen molar-refractivity contribution in [2.45, 2.75) is 40.4 Å². The van der Waals surface area contributed by atoms with Crippen LogP contribution in [0.1, 0.15) is 33.8 Å². The van der Waals surface area contributed by atoms with Crippen LogP contribution in [0.2, 0.25) is 0 Å².